The standard InChI is InChI=1S/C5H9NO3/c1-9-4-2-6(3-4)5(7)8/h4H,2-3H2,1H3,(H,7,8). The molecule has 1 N–H and O–H groups in total. The van der Waals surface area contributed by atoms with Gasteiger partial charge in [-0.2, -0.15) is 0 Å². The molecule has 0 saturated carbocycles. The molecule has 1 amide bonds. The Morgan fingerprint density at radius 3 is 2.67 bits per heavy atom. The van der Waals surface area contributed by atoms with Crippen molar-refractivity contribution in [2.24, 2.45) is 0 Å². The maximum atomic E-state index is 10.1. The molecule has 1 heterocycles. The van der Waals surface area contributed by atoms with Crippen LogP contribution in [0, 0.1) is 0 Å². The average molecular weight is 131 g/mol. The normalized spacial score (nSPS) is 19.4. The van der Waals surface area contributed by atoms with Crippen molar-refractivity contribution in [3.05, 3.63) is 0 Å². The third-order valence-electron chi connectivity index (χ3n) is 1.45. The van der Waals surface area contributed by atoms with Gasteiger partial charge in [0.1, 0.15) is 0 Å². The first-order valence-electron chi connectivity index (χ1n) is 2.74. The Morgan fingerprint density at radius 2 is 2.33 bits per heavy atom. The van der Waals surface area contributed by atoms with E-state index in [1.54, 1.807) is 7.11 Å². The quantitative estimate of drug-likeness (QED) is 0.544. The summed E-state index contributed by atoms with van der Waals surface area (Å²) < 4.78 is 4.86. The summed E-state index contributed by atoms with van der Waals surface area (Å²) in [7, 11) is 1.59. The van der Waals surface area contributed by atoms with Gasteiger partial charge >= 0.3 is 6.09 Å². The molecule has 1 fully saturated rings. The highest BCUT2D eigenvalue weighted by atomic mass is 16.5. The van der Waals surface area contributed by atoms with Crippen LogP contribution in [-0.2, 0) is 4.74 Å². The van der Waals surface area contributed by atoms with E-state index >= 15 is 0 Å². The number of nitrogens with zero attached hydrogens (tertiary/aromatic N) is 1. The number of hydrogen-bond donors (Lipinski definition) is 1. The largest absolute Gasteiger partial charge is 0.465 e. The molecule has 0 radical (unpaired) electrons. The first-order valence-corrected chi connectivity index (χ1v) is 2.74. The van der Waals surface area contributed by atoms with Crippen molar-refractivity contribution < 1.29 is 14.6 Å². The summed E-state index contributed by atoms with van der Waals surface area (Å²) in [5.74, 6) is 0. The molecule has 4 nitrogen and oxygen atoms in total. The molecular weight excluding hydrogens is 122 g/mol. The van der Waals surface area contributed by atoms with Gasteiger partial charge in [0.05, 0.1) is 19.2 Å². The highest BCUT2D eigenvalue weighted by Crippen LogP contribution is 2.09. The van der Waals surface area contributed by atoms with E-state index in [0.29, 0.717) is 13.1 Å². The Labute approximate surface area is 53.0 Å². The number of amides is 1. The molecule has 0 aromatic heterocycles. The molecule has 0 aromatic carbocycles. The van der Waals surface area contributed by atoms with Crippen molar-refractivity contribution in [2.75, 3.05) is 20.2 Å². The lowest BCUT2D eigenvalue weighted by Gasteiger charge is -2.35. The molecule has 1 aliphatic heterocycles. The number of carbonyl (C=O) groups is 1. The second-order valence-corrected chi connectivity index (χ2v) is 2.05. The van der Waals surface area contributed by atoms with Crippen LogP contribution in [0.5, 0.6) is 0 Å². The second-order valence-electron chi connectivity index (χ2n) is 2.05. The molecule has 1 saturated heterocycles. The number of likely N-dealkylation sites (tertiary alicyclic amines) is 1. The topological polar surface area (TPSA) is 49.8 Å². The predicted octanol–water partition coefficient (Wildman–Crippen LogP) is -0.00500. The van der Waals surface area contributed by atoms with Crippen LogP contribution in [-0.4, -0.2) is 42.4 Å². The summed E-state index contributed by atoms with van der Waals surface area (Å²) in [6.07, 6.45) is -0.732. The van der Waals surface area contributed by atoms with Crippen molar-refractivity contribution in [1.29, 1.82) is 0 Å². The van der Waals surface area contributed by atoms with E-state index in [4.69, 9.17) is 9.84 Å². The molecule has 0 aliphatic carbocycles. The van der Waals surface area contributed by atoms with E-state index < -0.39 is 6.09 Å². The molecule has 0 unspecified atom stereocenters. The maximum absolute atomic E-state index is 10.1. The van der Waals surface area contributed by atoms with Crippen molar-refractivity contribution in [3.8, 4) is 0 Å². The van der Waals surface area contributed by atoms with Crippen molar-refractivity contribution in [3.63, 3.8) is 0 Å². The van der Waals surface area contributed by atoms with E-state index in [-0.39, 0.29) is 6.10 Å². The fourth-order valence-electron chi connectivity index (χ4n) is 0.743. The number of hydrogen-bond acceptors (Lipinski definition) is 2. The van der Waals surface area contributed by atoms with Gasteiger partial charge < -0.3 is 14.7 Å². The molecule has 4 heteroatoms. The fourth-order valence-corrected chi connectivity index (χ4v) is 0.743. The number of ether oxygens (including phenoxy) is 1. The Morgan fingerprint density at radius 1 is 1.78 bits per heavy atom. The summed E-state index contributed by atoms with van der Waals surface area (Å²) in [6.45, 7) is 1.04. The summed E-state index contributed by atoms with van der Waals surface area (Å²) >= 11 is 0. The van der Waals surface area contributed by atoms with E-state index in [9.17, 15) is 4.79 Å². The summed E-state index contributed by atoms with van der Waals surface area (Å²) in [4.78, 5) is 11.4. The van der Waals surface area contributed by atoms with Crippen LogP contribution in [0.3, 0.4) is 0 Å². The zero-order chi connectivity index (χ0) is 6.85. The molecule has 0 bridgehead atoms. The van der Waals surface area contributed by atoms with Gasteiger partial charge in [-0.1, -0.05) is 0 Å². The molecular formula is C5H9NO3. The third kappa shape index (κ3) is 1.13. The zero-order valence-electron chi connectivity index (χ0n) is 5.20. The van der Waals surface area contributed by atoms with Crippen molar-refractivity contribution in [2.45, 2.75) is 6.10 Å². The van der Waals surface area contributed by atoms with Gasteiger partial charge in [-0.25, -0.2) is 4.79 Å². The van der Waals surface area contributed by atoms with Gasteiger partial charge in [-0.05, 0) is 0 Å². The number of rotatable bonds is 1. The monoisotopic (exact) mass is 131 g/mol. The van der Waals surface area contributed by atoms with Crippen LogP contribution in [0.2, 0.25) is 0 Å². The second kappa shape index (κ2) is 2.23. The van der Waals surface area contributed by atoms with Gasteiger partial charge in [-0.3, -0.25) is 0 Å². The van der Waals surface area contributed by atoms with Crippen LogP contribution < -0.4 is 0 Å². The van der Waals surface area contributed by atoms with E-state index in [1.165, 1.54) is 4.90 Å². The molecule has 1 aliphatic rings. The minimum atomic E-state index is -0.858. The lowest BCUT2D eigenvalue weighted by molar-refractivity contribution is -0.0193. The molecule has 1 rings (SSSR count). The smallest absolute Gasteiger partial charge is 0.407 e. The van der Waals surface area contributed by atoms with Crippen LogP contribution in [0.15, 0.2) is 0 Å². The lowest BCUT2D eigenvalue weighted by atomic mass is 10.2. The Bertz CT molecular complexity index is 119. The summed E-state index contributed by atoms with van der Waals surface area (Å²) in [5.41, 5.74) is 0. The predicted molar refractivity (Wildman–Crippen MR) is 30.4 cm³/mol. The molecule has 52 valence electrons. The first kappa shape index (κ1) is 6.35. The minimum Gasteiger partial charge on any atom is -0.465 e. The van der Waals surface area contributed by atoms with E-state index in [0.717, 1.165) is 0 Å². The summed E-state index contributed by atoms with van der Waals surface area (Å²) in [6, 6.07) is 0. The summed E-state index contributed by atoms with van der Waals surface area (Å²) in [5, 5.41) is 8.32. The van der Waals surface area contributed by atoms with Crippen LogP contribution in [0.4, 0.5) is 4.79 Å². The lowest BCUT2D eigenvalue weighted by Crippen LogP contribution is -2.53. The zero-order valence-corrected chi connectivity index (χ0v) is 5.20. The highest BCUT2D eigenvalue weighted by molar-refractivity contribution is 5.66. The number of methoxy groups -OCH3 is 1. The average Bonchev–Trinajstić information content (AvgIpc) is 1.61. The maximum Gasteiger partial charge on any atom is 0.407 e. The van der Waals surface area contributed by atoms with Gasteiger partial charge in [0.25, 0.3) is 0 Å². The molecule has 9 heavy (non-hydrogen) atoms. The van der Waals surface area contributed by atoms with Crippen molar-refractivity contribution >= 4 is 6.09 Å². The van der Waals surface area contributed by atoms with E-state index in [1.807, 2.05) is 0 Å². The fraction of sp³-hybridized carbons (Fsp3) is 0.800. The molecule has 0 spiro atoms. The number of carboxylic acid groups (broad SMARTS) is 1. The van der Waals surface area contributed by atoms with Gasteiger partial charge in [0.15, 0.2) is 0 Å². The third-order valence-corrected chi connectivity index (χ3v) is 1.45. The van der Waals surface area contributed by atoms with Gasteiger partial charge in [-0.15, -0.1) is 0 Å². The minimum absolute atomic E-state index is 0.126. The van der Waals surface area contributed by atoms with E-state index in [2.05, 4.69) is 0 Å². The Balaban J connectivity index is 2.19. The molecule has 0 aromatic rings. The van der Waals surface area contributed by atoms with Gasteiger partial charge in [0, 0.05) is 7.11 Å². The van der Waals surface area contributed by atoms with Crippen LogP contribution in [0.1, 0.15) is 0 Å². The van der Waals surface area contributed by atoms with Crippen LogP contribution in [0.25, 0.3) is 0 Å². The Hall–Kier alpha value is -0.770. The highest BCUT2D eigenvalue weighted by Gasteiger charge is 2.29. The SMILES string of the molecule is COC1CN(C(=O)O)C1. The Kier molecular flexibility index (Phi) is 1.57. The molecule has 0 atom stereocenters. The first-order chi connectivity index (χ1) is 4.24. The van der Waals surface area contributed by atoms with Gasteiger partial charge in [0.2, 0.25) is 0 Å². The van der Waals surface area contributed by atoms with Crippen LogP contribution >= 0.6 is 0 Å². The van der Waals surface area contributed by atoms with Crippen molar-refractivity contribution in [1.82, 2.24) is 4.90 Å².